The van der Waals surface area contributed by atoms with E-state index in [0.29, 0.717) is 24.1 Å². The minimum Gasteiger partial charge on any atom is -0.409 e. The molecule has 4 N–H and O–H groups in total. The first-order chi connectivity index (χ1) is 10.1. The van der Waals surface area contributed by atoms with E-state index in [2.05, 4.69) is 15.5 Å². The number of aromatic nitrogens is 2. The molecule has 21 heavy (non-hydrogen) atoms. The lowest BCUT2D eigenvalue weighted by Crippen LogP contribution is -2.26. The predicted molar refractivity (Wildman–Crippen MR) is 78.2 cm³/mol. The van der Waals surface area contributed by atoms with Crippen LogP contribution in [0.15, 0.2) is 41.8 Å². The highest BCUT2D eigenvalue weighted by Crippen LogP contribution is 2.04. The van der Waals surface area contributed by atoms with Gasteiger partial charge in [0, 0.05) is 43.5 Å². The van der Waals surface area contributed by atoms with Gasteiger partial charge >= 0.3 is 0 Å². The number of benzene rings is 1. The smallest absolute Gasteiger partial charge is 0.251 e. The van der Waals surface area contributed by atoms with Crippen LogP contribution in [0.2, 0.25) is 0 Å². The molecule has 0 bridgehead atoms. The minimum absolute atomic E-state index is 0.0109. The van der Waals surface area contributed by atoms with Gasteiger partial charge < -0.3 is 20.8 Å². The van der Waals surface area contributed by atoms with Gasteiger partial charge in [-0.15, -0.1) is 0 Å². The van der Waals surface area contributed by atoms with Gasteiger partial charge in [-0.2, -0.15) is 0 Å². The Balaban J connectivity index is 1.90. The fourth-order valence-corrected chi connectivity index (χ4v) is 1.88. The fourth-order valence-electron chi connectivity index (χ4n) is 1.88. The SMILES string of the molecule is Cn1ccnc1CCNC(=O)c1ccc(C(N)=NO)cc1. The molecule has 7 heteroatoms. The Morgan fingerprint density at radius 3 is 2.62 bits per heavy atom. The molecule has 110 valence electrons. The van der Waals surface area contributed by atoms with Gasteiger partial charge in [-0.25, -0.2) is 4.98 Å². The van der Waals surface area contributed by atoms with Crippen LogP contribution in [-0.4, -0.2) is 33.0 Å². The monoisotopic (exact) mass is 287 g/mol. The average Bonchev–Trinajstić information content (AvgIpc) is 2.92. The van der Waals surface area contributed by atoms with Crippen LogP contribution in [0, 0.1) is 0 Å². The molecule has 0 atom stereocenters. The zero-order chi connectivity index (χ0) is 15.2. The Morgan fingerprint density at radius 1 is 1.38 bits per heavy atom. The molecular weight excluding hydrogens is 270 g/mol. The van der Waals surface area contributed by atoms with Crippen molar-refractivity contribution in [1.82, 2.24) is 14.9 Å². The molecule has 0 unspecified atom stereocenters. The van der Waals surface area contributed by atoms with Crippen molar-refractivity contribution in [3.8, 4) is 0 Å². The van der Waals surface area contributed by atoms with Crippen molar-refractivity contribution in [2.75, 3.05) is 6.54 Å². The van der Waals surface area contributed by atoms with Gasteiger partial charge in [0.15, 0.2) is 5.84 Å². The second-order valence-electron chi connectivity index (χ2n) is 4.52. The standard InChI is InChI=1S/C14H17N5O2/c1-19-9-8-16-12(19)6-7-17-14(20)11-4-2-10(3-5-11)13(15)18-21/h2-5,8-9,21H,6-7H2,1H3,(H2,15,18)(H,17,20). The number of amides is 1. The van der Waals surface area contributed by atoms with Crippen molar-refractivity contribution >= 4 is 11.7 Å². The summed E-state index contributed by atoms with van der Waals surface area (Å²) in [5.41, 5.74) is 6.53. The van der Waals surface area contributed by atoms with Gasteiger partial charge in [-0.3, -0.25) is 4.79 Å². The van der Waals surface area contributed by atoms with Crippen LogP contribution in [0.3, 0.4) is 0 Å². The average molecular weight is 287 g/mol. The first-order valence-electron chi connectivity index (χ1n) is 6.44. The molecule has 0 spiro atoms. The van der Waals surface area contributed by atoms with Crippen LogP contribution in [0.25, 0.3) is 0 Å². The van der Waals surface area contributed by atoms with Crippen molar-refractivity contribution in [3.63, 3.8) is 0 Å². The zero-order valence-corrected chi connectivity index (χ0v) is 11.7. The maximum Gasteiger partial charge on any atom is 0.251 e. The topological polar surface area (TPSA) is 106 Å². The molecule has 0 saturated heterocycles. The van der Waals surface area contributed by atoms with E-state index in [-0.39, 0.29) is 11.7 Å². The third-order valence-corrected chi connectivity index (χ3v) is 3.11. The summed E-state index contributed by atoms with van der Waals surface area (Å²) in [6.45, 7) is 0.506. The van der Waals surface area contributed by atoms with Gasteiger partial charge in [-0.1, -0.05) is 17.3 Å². The second-order valence-corrected chi connectivity index (χ2v) is 4.52. The Morgan fingerprint density at radius 2 is 2.05 bits per heavy atom. The maximum atomic E-state index is 12.0. The second kappa shape index (κ2) is 6.56. The molecule has 0 radical (unpaired) electrons. The van der Waals surface area contributed by atoms with Crippen molar-refractivity contribution in [3.05, 3.63) is 53.6 Å². The molecule has 1 aromatic heterocycles. The largest absolute Gasteiger partial charge is 0.409 e. The quantitative estimate of drug-likeness (QED) is 0.322. The number of nitrogens with zero attached hydrogens (tertiary/aromatic N) is 3. The highest BCUT2D eigenvalue weighted by molar-refractivity contribution is 5.99. The summed E-state index contributed by atoms with van der Waals surface area (Å²) in [5, 5.41) is 14.3. The molecule has 1 heterocycles. The van der Waals surface area contributed by atoms with E-state index in [1.165, 1.54) is 0 Å². The number of nitrogens with one attached hydrogen (secondary N) is 1. The lowest BCUT2D eigenvalue weighted by Gasteiger charge is -2.06. The molecule has 1 amide bonds. The van der Waals surface area contributed by atoms with Gasteiger partial charge in [0.1, 0.15) is 5.82 Å². The zero-order valence-electron chi connectivity index (χ0n) is 11.7. The summed E-state index contributed by atoms with van der Waals surface area (Å²) in [6.07, 6.45) is 4.25. The maximum absolute atomic E-state index is 12.0. The lowest BCUT2D eigenvalue weighted by molar-refractivity contribution is 0.0954. The Labute approximate surface area is 122 Å². The van der Waals surface area contributed by atoms with Gasteiger partial charge in [0.2, 0.25) is 0 Å². The molecule has 2 aromatic rings. The van der Waals surface area contributed by atoms with Crippen LogP contribution < -0.4 is 11.1 Å². The first kappa shape index (κ1) is 14.6. The summed E-state index contributed by atoms with van der Waals surface area (Å²) in [5.74, 6) is 0.754. The highest BCUT2D eigenvalue weighted by Gasteiger charge is 2.07. The Kier molecular flexibility index (Phi) is 4.55. The molecule has 0 aliphatic carbocycles. The number of aryl methyl sites for hydroxylation is 1. The molecule has 0 aliphatic heterocycles. The van der Waals surface area contributed by atoms with E-state index in [9.17, 15) is 4.79 Å². The van der Waals surface area contributed by atoms with Crippen molar-refractivity contribution in [2.45, 2.75) is 6.42 Å². The van der Waals surface area contributed by atoms with E-state index in [0.717, 1.165) is 5.82 Å². The summed E-state index contributed by atoms with van der Waals surface area (Å²) < 4.78 is 1.91. The number of rotatable bonds is 5. The molecular formula is C14H17N5O2. The predicted octanol–water partition coefficient (Wildman–Crippen LogP) is 0.487. The third-order valence-electron chi connectivity index (χ3n) is 3.11. The fraction of sp³-hybridized carbons (Fsp3) is 0.214. The number of nitrogens with two attached hydrogens (primary N) is 1. The third kappa shape index (κ3) is 3.59. The molecule has 0 saturated carbocycles. The van der Waals surface area contributed by atoms with Crippen LogP contribution in [-0.2, 0) is 13.5 Å². The number of carbonyl (C=O) groups excluding carboxylic acids is 1. The highest BCUT2D eigenvalue weighted by atomic mass is 16.4. The number of imidazole rings is 1. The van der Waals surface area contributed by atoms with Crippen molar-refractivity contribution in [2.24, 2.45) is 17.9 Å². The van der Waals surface area contributed by atoms with Crippen molar-refractivity contribution < 1.29 is 10.0 Å². The molecule has 2 rings (SSSR count). The summed E-state index contributed by atoms with van der Waals surface area (Å²) >= 11 is 0. The van der Waals surface area contributed by atoms with E-state index in [1.807, 2.05) is 17.8 Å². The summed E-state index contributed by atoms with van der Waals surface area (Å²) in [6, 6.07) is 6.51. The lowest BCUT2D eigenvalue weighted by atomic mass is 10.1. The number of amidine groups is 1. The number of oxime groups is 1. The van der Waals surface area contributed by atoms with Crippen LogP contribution >= 0.6 is 0 Å². The number of hydrogen-bond donors (Lipinski definition) is 3. The summed E-state index contributed by atoms with van der Waals surface area (Å²) in [7, 11) is 1.91. The van der Waals surface area contributed by atoms with E-state index in [1.54, 1.807) is 30.5 Å². The number of hydrogen-bond acceptors (Lipinski definition) is 4. The minimum atomic E-state index is -0.171. The summed E-state index contributed by atoms with van der Waals surface area (Å²) in [4.78, 5) is 16.1. The van der Waals surface area contributed by atoms with E-state index in [4.69, 9.17) is 10.9 Å². The molecule has 1 aromatic carbocycles. The first-order valence-corrected chi connectivity index (χ1v) is 6.44. The Bertz CT molecular complexity index is 646. The molecule has 0 aliphatic rings. The molecule has 0 fully saturated rings. The normalized spacial score (nSPS) is 11.4. The van der Waals surface area contributed by atoms with Crippen LogP contribution in [0.4, 0.5) is 0 Å². The van der Waals surface area contributed by atoms with E-state index < -0.39 is 0 Å². The van der Waals surface area contributed by atoms with Gasteiger partial charge in [-0.05, 0) is 12.1 Å². The Hall–Kier alpha value is -2.83. The van der Waals surface area contributed by atoms with Crippen molar-refractivity contribution in [1.29, 1.82) is 0 Å². The molecule has 7 nitrogen and oxygen atoms in total. The van der Waals surface area contributed by atoms with Crippen LogP contribution in [0.1, 0.15) is 21.7 Å². The van der Waals surface area contributed by atoms with Crippen LogP contribution in [0.5, 0.6) is 0 Å². The van der Waals surface area contributed by atoms with Gasteiger partial charge in [0.25, 0.3) is 5.91 Å². The van der Waals surface area contributed by atoms with E-state index >= 15 is 0 Å². The number of carbonyl (C=O) groups is 1. The van der Waals surface area contributed by atoms with Gasteiger partial charge in [0.05, 0.1) is 0 Å².